The summed E-state index contributed by atoms with van der Waals surface area (Å²) in [6.07, 6.45) is -2.20. The zero-order valence-corrected chi connectivity index (χ0v) is 14.3. The Hall–Kier alpha value is -3.42. The maximum atomic E-state index is 12.7. The van der Waals surface area contributed by atoms with Crippen LogP contribution in [0.1, 0.15) is 33.7 Å². The van der Waals surface area contributed by atoms with Crippen LogP contribution >= 0.6 is 0 Å². The van der Waals surface area contributed by atoms with Gasteiger partial charge in [0.1, 0.15) is 5.82 Å². The van der Waals surface area contributed by atoms with E-state index in [2.05, 4.69) is 4.98 Å². The number of nitrogens with zero attached hydrogens (tertiary/aromatic N) is 2. The summed E-state index contributed by atoms with van der Waals surface area (Å²) in [5.74, 6) is -0.718. The highest BCUT2D eigenvalue weighted by molar-refractivity contribution is 5.93. The van der Waals surface area contributed by atoms with E-state index in [1.54, 1.807) is 6.08 Å². The third-order valence-electron chi connectivity index (χ3n) is 4.67. The molecule has 142 valence electrons. The number of allylic oxidation sites excluding steroid dienone is 1. The number of benzene rings is 2. The number of fused-ring (bicyclic) bond motifs is 2. The molecule has 4 rings (SSSR count). The summed E-state index contributed by atoms with van der Waals surface area (Å²) < 4.78 is 39.6. The van der Waals surface area contributed by atoms with Gasteiger partial charge in [-0.3, -0.25) is 9.36 Å². The Morgan fingerprint density at radius 2 is 1.86 bits per heavy atom. The highest BCUT2D eigenvalue weighted by Gasteiger charge is 2.30. The van der Waals surface area contributed by atoms with Crippen molar-refractivity contribution in [1.29, 1.82) is 0 Å². The molecule has 0 atom stereocenters. The first kappa shape index (κ1) is 18.0. The number of hydrogen-bond acceptors (Lipinski definition) is 3. The number of rotatable bonds is 2. The lowest BCUT2D eigenvalue weighted by molar-refractivity contribution is -0.137. The van der Waals surface area contributed by atoms with Crippen LogP contribution in [0, 0.1) is 0 Å². The monoisotopic (exact) mass is 386 g/mol. The quantitative estimate of drug-likeness (QED) is 0.721. The SMILES string of the molecule is O=C(O)c1ccc2c(=O)n3c(nc2c1)/C(=C/c1ccc(C(F)(F)F)cc1)CC3. The number of hydrogen-bond donors (Lipinski definition) is 1. The number of carboxylic acid groups (broad SMARTS) is 1. The average molecular weight is 386 g/mol. The molecule has 3 aromatic rings. The Kier molecular flexibility index (Phi) is 4.06. The molecule has 0 bridgehead atoms. The molecule has 2 heterocycles. The minimum atomic E-state index is -4.40. The van der Waals surface area contributed by atoms with Gasteiger partial charge in [0.2, 0.25) is 0 Å². The van der Waals surface area contributed by atoms with Crippen LogP contribution in [0.25, 0.3) is 22.6 Å². The first-order valence-electron chi connectivity index (χ1n) is 8.40. The Morgan fingerprint density at radius 3 is 2.50 bits per heavy atom. The van der Waals surface area contributed by atoms with Gasteiger partial charge in [-0.2, -0.15) is 13.2 Å². The molecule has 2 aromatic carbocycles. The predicted octanol–water partition coefficient (Wildman–Crippen LogP) is 4.06. The predicted molar refractivity (Wildman–Crippen MR) is 96.9 cm³/mol. The van der Waals surface area contributed by atoms with Gasteiger partial charge in [-0.05, 0) is 54.0 Å². The Morgan fingerprint density at radius 1 is 1.14 bits per heavy atom. The smallest absolute Gasteiger partial charge is 0.416 e. The lowest BCUT2D eigenvalue weighted by Gasteiger charge is -2.07. The molecular formula is C20H13F3N2O3. The second kappa shape index (κ2) is 6.33. The zero-order valence-electron chi connectivity index (χ0n) is 14.3. The Labute approximate surface area is 156 Å². The number of aromatic nitrogens is 2. The Balaban J connectivity index is 1.79. The number of aromatic carboxylic acids is 1. The van der Waals surface area contributed by atoms with Crippen LogP contribution in [-0.4, -0.2) is 20.6 Å². The summed E-state index contributed by atoms with van der Waals surface area (Å²) >= 11 is 0. The third-order valence-corrected chi connectivity index (χ3v) is 4.67. The standard InChI is InChI=1S/C20H13F3N2O3/c21-20(22,23)14-4-1-11(2-5-14)9-12-7-8-25-17(12)24-16-10-13(19(27)28)3-6-15(16)18(25)26/h1-6,9-10H,7-8H2,(H,27,28)/b12-9+. The van der Waals surface area contributed by atoms with E-state index < -0.39 is 17.7 Å². The molecule has 0 aliphatic carbocycles. The lowest BCUT2D eigenvalue weighted by atomic mass is 10.1. The van der Waals surface area contributed by atoms with E-state index in [-0.39, 0.29) is 16.6 Å². The van der Waals surface area contributed by atoms with Gasteiger partial charge in [0.15, 0.2) is 0 Å². The number of carboxylic acids is 1. The zero-order chi connectivity index (χ0) is 20.1. The molecule has 1 aliphatic heterocycles. The van der Waals surface area contributed by atoms with Crippen molar-refractivity contribution < 1.29 is 23.1 Å². The van der Waals surface area contributed by atoms with Crippen molar-refractivity contribution >= 4 is 28.5 Å². The largest absolute Gasteiger partial charge is 0.478 e. The van der Waals surface area contributed by atoms with Gasteiger partial charge >= 0.3 is 12.1 Å². The molecule has 0 unspecified atom stereocenters. The van der Waals surface area contributed by atoms with Crippen molar-refractivity contribution in [2.24, 2.45) is 0 Å². The van der Waals surface area contributed by atoms with Gasteiger partial charge in [0.05, 0.1) is 22.0 Å². The first-order valence-corrected chi connectivity index (χ1v) is 8.40. The van der Waals surface area contributed by atoms with Crippen LogP contribution in [0.15, 0.2) is 47.3 Å². The summed E-state index contributed by atoms with van der Waals surface area (Å²) in [6.45, 7) is 0.407. The first-order chi connectivity index (χ1) is 13.2. The van der Waals surface area contributed by atoms with Crippen molar-refractivity contribution in [1.82, 2.24) is 9.55 Å². The fraction of sp³-hybridized carbons (Fsp3) is 0.150. The van der Waals surface area contributed by atoms with Gasteiger partial charge in [0, 0.05) is 6.54 Å². The van der Waals surface area contributed by atoms with Crippen molar-refractivity contribution in [2.45, 2.75) is 19.1 Å². The van der Waals surface area contributed by atoms with Crippen molar-refractivity contribution in [2.75, 3.05) is 0 Å². The molecule has 1 N–H and O–H groups in total. The van der Waals surface area contributed by atoms with E-state index >= 15 is 0 Å². The van der Waals surface area contributed by atoms with Crippen LogP contribution in [0.5, 0.6) is 0 Å². The summed E-state index contributed by atoms with van der Waals surface area (Å²) in [4.78, 5) is 28.3. The fourth-order valence-electron chi connectivity index (χ4n) is 3.26. The van der Waals surface area contributed by atoms with E-state index in [0.29, 0.717) is 35.3 Å². The molecule has 0 saturated heterocycles. The van der Waals surface area contributed by atoms with Crippen LogP contribution in [0.2, 0.25) is 0 Å². The highest BCUT2D eigenvalue weighted by Crippen LogP contribution is 2.31. The average Bonchev–Trinajstić information content (AvgIpc) is 3.04. The number of halogens is 3. The third kappa shape index (κ3) is 3.06. The second-order valence-electron chi connectivity index (χ2n) is 6.47. The van der Waals surface area contributed by atoms with Gasteiger partial charge in [-0.15, -0.1) is 0 Å². The molecule has 0 radical (unpaired) electrons. The normalized spacial score (nSPS) is 15.2. The minimum absolute atomic E-state index is 0.0237. The molecule has 28 heavy (non-hydrogen) atoms. The van der Waals surface area contributed by atoms with Crippen LogP contribution in [0.4, 0.5) is 13.2 Å². The van der Waals surface area contributed by atoms with Crippen molar-refractivity contribution in [3.8, 4) is 0 Å². The topological polar surface area (TPSA) is 72.2 Å². The van der Waals surface area contributed by atoms with Crippen LogP contribution < -0.4 is 5.56 Å². The van der Waals surface area contributed by atoms with E-state index in [9.17, 15) is 22.8 Å². The summed E-state index contributed by atoms with van der Waals surface area (Å²) in [7, 11) is 0. The Bertz CT molecular complexity index is 1190. The molecular weight excluding hydrogens is 373 g/mol. The van der Waals surface area contributed by atoms with Gasteiger partial charge < -0.3 is 5.11 Å². The molecule has 0 amide bonds. The maximum Gasteiger partial charge on any atom is 0.416 e. The molecule has 8 heteroatoms. The molecule has 1 aromatic heterocycles. The van der Waals surface area contributed by atoms with E-state index in [0.717, 1.165) is 12.1 Å². The molecule has 0 saturated carbocycles. The minimum Gasteiger partial charge on any atom is -0.478 e. The molecule has 5 nitrogen and oxygen atoms in total. The highest BCUT2D eigenvalue weighted by atomic mass is 19.4. The van der Waals surface area contributed by atoms with Crippen LogP contribution in [-0.2, 0) is 12.7 Å². The van der Waals surface area contributed by atoms with Crippen molar-refractivity contribution in [3.63, 3.8) is 0 Å². The van der Waals surface area contributed by atoms with Gasteiger partial charge in [-0.1, -0.05) is 12.1 Å². The summed E-state index contributed by atoms with van der Waals surface area (Å²) in [5.41, 5.74) is 0.562. The number of carbonyl (C=O) groups is 1. The molecule has 0 fully saturated rings. The molecule has 0 spiro atoms. The lowest BCUT2D eigenvalue weighted by Crippen LogP contribution is -2.21. The second-order valence-corrected chi connectivity index (χ2v) is 6.47. The summed E-state index contributed by atoms with van der Waals surface area (Å²) in [5, 5.41) is 9.45. The number of alkyl halides is 3. The van der Waals surface area contributed by atoms with Crippen molar-refractivity contribution in [3.05, 3.63) is 75.3 Å². The van der Waals surface area contributed by atoms with Crippen LogP contribution in [0.3, 0.4) is 0 Å². The summed E-state index contributed by atoms with van der Waals surface area (Å²) in [6, 6.07) is 8.87. The van der Waals surface area contributed by atoms with E-state index in [1.807, 2.05) is 0 Å². The van der Waals surface area contributed by atoms with Gasteiger partial charge in [0.25, 0.3) is 5.56 Å². The van der Waals surface area contributed by atoms with Gasteiger partial charge in [-0.25, -0.2) is 9.78 Å². The van der Waals surface area contributed by atoms with E-state index in [1.165, 1.54) is 34.9 Å². The maximum absolute atomic E-state index is 12.7. The van der Waals surface area contributed by atoms with E-state index in [4.69, 9.17) is 5.11 Å². The molecule has 1 aliphatic rings. The fourth-order valence-corrected chi connectivity index (χ4v) is 3.26.